The van der Waals surface area contributed by atoms with Gasteiger partial charge in [-0.2, -0.15) is 0 Å². The third-order valence-corrected chi connectivity index (χ3v) is 2.47. The average molecular weight is 203 g/mol. The minimum atomic E-state index is -0.968. The van der Waals surface area contributed by atoms with Crippen molar-refractivity contribution in [2.24, 2.45) is 11.7 Å². The zero-order valence-electron chi connectivity index (χ0n) is 9.03. The maximum absolute atomic E-state index is 9.24. The zero-order valence-corrected chi connectivity index (χ0v) is 9.03. The number of carboxylic acids is 1. The first-order valence-electron chi connectivity index (χ1n) is 5.04. The summed E-state index contributed by atoms with van der Waals surface area (Å²) in [7, 11) is 1.82. The van der Waals surface area contributed by atoms with Crippen LogP contribution in [-0.2, 0) is 9.53 Å². The van der Waals surface area contributed by atoms with E-state index in [0.29, 0.717) is 6.10 Å². The quantitative estimate of drug-likeness (QED) is 0.708. The first kappa shape index (κ1) is 13.4. The lowest BCUT2D eigenvalue weighted by Crippen LogP contribution is -2.18. The molecule has 14 heavy (non-hydrogen) atoms. The van der Waals surface area contributed by atoms with Crippen molar-refractivity contribution in [2.45, 2.75) is 38.7 Å². The number of ether oxygens (including phenoxy) is 1. The van der Waals surface area contributed by atoms with E-state index in [0.717, 1.165) is 5.92 Å². The van der Waals surface area contributed by atoms with Crippen LogP contribution in [-0.4, -0.2) is 30.8 Å². The third kappa shape index (κ3) is 6.86. The highest BCUT2D eigenvalue weighted by Gasteiger charge is 2.16. The maximum atomic E-state index is 9.24. The van der Waals surface area contributed by atoms with E-state index in [-0.39, 0.29) is 6.54 Å². The lowest BCUT2D eigenvalue weighted by Gasteiger charge is -2.24. The second-order valence-corrected chi connectivity index (χ2v) is 3.72. The molecule has 0 unspecified atom stereocenters. The number of carboxylic acid groups (broad SMARTS) is 1. The Labute approximate surface area is 85.4 Å². The van der Waals surface area contributed by atoms with Crippen LogP contribution in [0.4, 0.5) is 0 Å². The van der Waals surface area contributed by atoms with E-state index >= 15 is 0 Å². The van der Waals surface area contributed by atoms with Gasteiger partial charge in [0.25, 0.3) is 0 Å². The van der Waals surface area contributed by atoms with Crippen molar-refractivity contribution >= 4 is 5.97 Å². The van der Waals surface area contributed by atoms with Crippen LogP contribution in [0.25, 0.3) is 0 Å². The molecule has 4 nitrogen and oxygen atoms in total. The summed E-state index contributed by atoms with van der Waals surface area (Å²) in [5.74, 6) is -0.0265. The van der Waals surface area contributed by atoms with Gasteiger partial charge in [-0.3, -0.25) is 4.79 Å². The van der Waals surface area contributed by atoms with E-state index in [2.05, 4.69) is 12.7 Å². The number of rotatable bonds is 2. The molecule has 0 atom stereocenters. The predicted octanol–water partition coefficient (Wildman–Crippen LogP) is 1.24. The van der Waals surface area contributed by atoms with Gasteiger partial charge in [-0.05, 0) is 31.6 Å². The summed E-state index contributed by atoms with van der Waals surface area (Å²) in [5, 5.41) is 7.60. The molecular weight excluding hydrogens is 182 g/mol. The summed E-state index contributed by atoms with van der Waals surface area (Å²) in [4.78, 5) is 9.24. The van der Waals surface area contributed by atoms with Gasteiger partial charge in [-0.15, -0.1) is 0 Å². The van der Waals surface area contributed by atoms with Crippen molar-refractivity contribution in [2.75, 3.05) is 13.7 Å². The van der Waals surface area contributed by atoms with E-state index in [4.69, 9.17) is 9.84 Å². The molecular formula is C10H21NO3. The van der Waals surface area contributed by atoms with Crippen LogP contribution in [0.15, 0.2) is 0 Å². The van der Waals surface area contributed by atoms with Gasteiger partial charge < -0.3 is 15.6 Å². The normalized spacial score (nSPS) is 26.2. The maximum Gasteiger partial charge on any atom is 0.317 e. The van der Waals surface area contributed by atoms with Crippen LogP contribution >= 0.6 is 0 Å². The molecule has 1 fully saturated rings. The molecule has 0 amide bonds. The molecule has 1 rings (SSSR count). The average Bonchev–Trinajstić information content (AvgIpc) is 2.20. The molecule has 4 heteroatoms. The van der Waals surface area contributed by atoms with Gasteiger partial charge in [0.2, 0.25) is 0 Å². The SMILES string of the molecule is COC1CCC(C)CC1.NCC(=O)O. The molecule has 1 saturated carbocycles. The van der Waals surface area contributed by atoms with E-state index < -0.39 is 5.97 Å². The van der Waals surface area contributed by atoms with Gasteiger partial charge in [0.1, 0.15) is 0 Å². The van der Waals surface area contributed by atoms with Crippen molar-refractivity contribution in [3.8, 4) is 0 Å². The second-order valence-electron chi connectivity index (χ2n) is 3.72. The third-order valence-electron chi connectivity index (χ3n) is 2.47. The highest BCUT2D eigenvalue weighted by Crippen LogP contribution is 2.24. The Morgan fingerprint density at radius 1 is 1.43 bits per heavy atom. The van der Waals surface area contributed by atoms with E-state index in [1.165, 1.54) is 25.7 Å². The van der Waals surface area contributed by atoms with Crippen molar-refractivity contribution in [1.82, 2.24) is 0 Å². The predicted molar refractivity (Wildman–Crippen MR) is 55.1 cm³/mol. The molecule has 0 saturated heterocycles. The first-order valence-corrected chi connectivity index (χ1v) is 5.04. The summed E-state index contributed by atoms with van der Waals surface area (Å²) >= 11 is 0. The van der Waals surface area contributed by atoms with Gasteiger partial charge in [-0.25, -0.2) is 0 Å². The fraction of sp³-hybridized carbons (Fsp3) is 0.900. The van der Waals surface area contributed by atoms with Crippen LogP contribution in [0.1, 0.15) is 32.6 Å². The van der Waals surface area contributed by atoms with E-state index in [1.54, 1.807) is 0 Å². The summed E-state index contributed by atoms with van der Waals surface area (Å²) in [6, 6.07) is 0. The van der Waals surface area contributed by atoms with Crippen molar-refractivity contribution in [3.05, 3.63) is 0 Å². The Morgan fingerprint density at radius 3 is 2.14 bits per heavy atom. The molecule has 0 bridgehead atoms. The fourth-order valence-corrected chi connectivity index (χ4v) is 1.47. The number of carbonyl (C=O) groups is 1. The Balaban J connectivity index is 0.000000292. The van der Waals surface area contributed by atoms with Crippen LogP contribution in [0, 0.1) is 5.92 Å². The molecule has 0 spiro atoms. The van der Waals surface area contributed by atoms with Crippen molar-refractivity contribution in [3.63, 3.8) is 0 Å². The first-order chi connectivity index (χ1) is 6.60. The van der Waals surface area contributed by atoms with E-state index in [9.17, 15) is 4.79 Å². The van der Waals surface area contributed by atoms with Crippen molar-refractivity contribution in [1.29, 1.82) is 0 Å². The van der Waals surface area contributed by atoms with Gasteiger partial charge in [0, 0.05) is 7.11 Å². The Morgan fingerprint density at radius 2 is 1.86 bits per heavy atom. The molecule has 84 valence electrons. The number of aliphatic carboxylic acids is 1. The summed E-state index contributed by atoms with van der Waals surface area (Å²) in [6.45, 7) is 2.05. The highest BCUT2D eigenvalue weighted by atomic mass is 16.5. The molecule has 3 N–H and O–H groups in total. The molecule has 0 heterocycles. The topological polar surface area (TPSA) is 72.5 Å². The number of nitrogens with two attached hydrogens (primary N) is 1. The molecule has 0 aromatic heterocycles. The summed E-state index contributed by atoms with van der Waals surface area (Å²) < 4.78 is 5.24. The number of hydrogen-bond donors (Lipinski definition) is 2. The lowest BCUT2D eigenvalue weighted by atomic mass is 9.89. The van der Waals surface area contributed by atoms with Crippen LogP contribution in [0.3, 0.4) is 0 Å². The zero-order chi connectivity index (χ0) is 11.0. The smallest absolute Gasteiger partial charge is 0.317 e. The van der Waals surface area contributed by atoms with Crippen molar-refractivity contribution < 1.29 is 14.6 Å². The molecule has 0 radical (unpaired) electrons. The van der Waals surface area contributed by atoms with Gasteiger partial charge in [0.05, 0.1) is 12.6 Å². The summed E-state index contributed by atoms with van der Waals surface area (Å²) in [5.41, 5.74) is 4.57. The fourth-order valence-electron chi connectivity index (χ4n) is 1.47. The minimum Gasteiger partial charge on any atom is -0.480 e. The van der Waals surface area contributed by atoms with Gasteiger partial charge in [0.15, 0.2) is 0 Å². The summed E-state index contributed by atoms with van der Waals surface area (Å²) in [6.07, 6.45) is 5.84. The monoisotopic (exact) mass is 203 g/mol. The lowest BCUT2D eigenvalue weighted by molar-refractivity contribution is -0.135. The minimum absolute atomic E-state index is 0.278. The highest BCUT2D eigenvalue weighted by molar-refractivity contribution is 5.68. The van der Waals surface area contributed by atoms with E-state index in [1.807, 2.05) is 7.11 Å². The number of hydrogen-bond acceptors (Lipinski definition) is 3. The molecule has 1 aliphatic carbocycles. The number of methoxy groups -OCH3 is 1. The van der Waals surface area contributed by atoms with Crippen LogP contribution < -0.4 is 5.73 Å². The molecule has 0 aliphatic heterocycles. The molecule has 0 aromatic rings. The van der Waals surface area contributed by atoms with Crippen LogP contribution in [0.5, 0.6) is 0 Å². The Bertz CT molecular complexity index is 153. The Hall–Kier alpha value is -0.610. The Kier molecular flexibility index (Phi) is 7.42. The standard InChI is InChI=1S/C8H16O.C2H5NO2/c1-7-3-5-8(9-2)6-4-7;3-1-2(4)5/h7-8H,3-6H2,1-2H3;1,3H2,(H,4,5). The van der Waals surface area contributed by atoms with Gasteiger partial charge >= 0.3 is 5.97 Å². The van der Waals surface area contributed by atoms with Gasteiger partial charge in [-0.1, -0.05) is 6.92 Å². The van der Waals surface area contributed by atoms with Crippen LogP contribution in [0.2, 0.25) is 0 Å². The molecule has 1 aliphatic rings. The largest absolute Gasteiger partial charge is 0.480 e. The molecule has 0 aromatic carbocycles. The second kappa shape index (κ2) is 7.76.